The van der Waals surface area contributed by atoms with E-state index in [9.17, 15) is 4.39 Å². The van der Waals surface area contributed by atoms with Crippen molar-refractivity contribution in [3.8, 4) is 23.7 Å². The Morgan fingerprint density at radius 1 is 1.50 bits per heavy atom. The van der Waals surface area contributed by atoms with Gasteiger partial charge in [0.25, 0.3) is 0 Å². The van der Waals surface area contributed by atoms with E-state index >= 15 is 0 Å². The molecule has 0 unspecified atom stereocenters. The van der Waals surface area contributed by atoms with E-state index in [4.69, 9.17) is 10.00 Å². The molecule has 0 amide bonds. The molecule has 0 bridgehead atoms. The number of benzene rings is 1. The second-order valence-corrected chi connectivity index (χ2v) is 2.47. The van der Waals surface area contributed by atoms with Crippen molar-refractivity contribution in [1.82, 2.24) is 0 Å². The summed E-state index contributed by atoms with van der Waals surface area (Å²) < 4.78 is 18.2. The summed E-state index contributed by atoms with van der Waals surface area (Å²) in [7, 11) is 0. The van der Waals surface area contributed by atoms with E-state index in [1.165, 1.54) is 12.1 Å². The van der Waals surface area contributed by atoms with Crippen molar-refractivity contribution in [1.29, 1.82) is 5.26 Å². The quantitative estimate of drug-likeness (QED) is 0.667. The summed E-state index contributed by atoms with van der Waals surface area (Å²) in [4.78, 5) is 0. The van der Waals surface area contributed by atoms with Crippen LogP contribution in [0.4, 0.5) is 4.39 Å². The third-order valence-corrected chi connectivity index (χ3v) is 1.54. The molecule has 70 valence electrons. The predicted octanol–water partition coefficient (Wildman–Crippen LogP) is 2.10. The highest BCUT2D eigenvalue weighted by Crippen LogP contribution is 2.17. The van der Waals surface area contributed by atoms with Crippen LogP contribution in [-0.2, 0) is 0 Å². The Hall–Kier alpha value is -2.00. The van der Waals surface area contributed by atoms with Crippen molar-refractivity contribution in [2.75, 3.05) is 6.61 Å². The fraction of sp³-hybridized carbons (Fsp3) is 0.182. The fourth-order valence-corrected chi connectivity index (χ4v) is 0.873. The zero-order valence-electron chi connectivity index (χ0n) is 7.67. The van der Waals surface area contributed by atoms with Crippen LogP contribution in [-0.4, -0.2) is 6.61 Å². The number of nitrogens with zero attached hydrogens (tertiary/aromatic N) is 1. The summed E-state index contributed by atoms with van der Waals surface area (Å²) in [6.07, 6.45) is 0. The lowest BCUT2D eigenvalue weighted by atomic mass is 10.2. The van der Waals surface area contributed by atoms with Crippen molar-refractivity contribution in [3.05, 3.63) is 29.6 Å². The van der Waals surface area contributed by atoms with Crippen molar-refractivity contribution in [2.24, 2.45) is 0 Å². The molecule has 0 aliphatic heterocycles. The number of nitriles is 1. The van der Waals surface area contributed by atoms with E-state index in [1.54, 1.807) is 6.92 Å². The van der Waals surface area contributed by atoms with E-state index in [0.717, 1.165) is 6.07 Å². The summed E-state index contributed by atoms with van der Waals surface area (Å²) in [6, 6.07) is 5.89. The smallest absolute Gasteiger partial charge is 0.166 e. The minimum Gasteiger partial charge on any atom is -0.478 e. The summed E-state index contributed by atoms with van der Waals surface area (Å²) >= 11 is 0. The predicted molar refractivity (Wildman–Crippen MR) is 50.1 cm³/mol. The molecule has 0 saturated heterocycles. The molecule has 1 aromatic carbocycles. The lowest BCUT2D eigenvalue weighted by molar-refractivity contribution is 0.348. The molecule has 0 saturated carbocycles. The standard InChI is InChI=1S/C11H8FNO/c1-2-3-6-14-11-5-4-9(8-13)7-10(11)12/h4-5,7H,6H2,1H3. The first-order chi connectivity index (χ1) is 6.77. The van der Waals surface area contributed by atoms with Crippen LogP contribution in [0.25, 0.3) is 0 Å². The van der Waals surface area contributed by atoms with Crippen LogP contribution in [0.5, 0.6) is 5.75 Å². The molecule has 0 aromatic heterocycles. The van der Waals surface area contributed by atoms with Gasteiger partial charge >= 0.3 is 0 Å². The average molecular weight is 189 g/mol. The number of rotatable bonds is 2. The lowest BCUT2D eigenvalue weighted by Gasteiger charge is -2.02. The minimum absolute atomic E-state index is 0.117. The molecule has 1 aromatic rings. The molecular weight excluding hydrogens is 181 g/mol. The van der Waals surface area contributed by atoms with Crippen LogP contribution in [0.3, 0.4) is 0 Å². The zero-order chi connectivity index (χ0) is 10.4. The highest BCUT2D eigenvalue weighted by Gasteiger charge is 2.03. The summed E-state index contributed by atoms with van der Waals surface area (Å²) in [5, 5.41) is 8.49. The van der Waals surface area contributed by atoms with Crippen LogP contribution >= 0.6 is 0 Å². The van der Waals surface area contributed by atoms with Crippen LogP contribution in [0.15, 0.2) is 18.2 Å². The van der Waals surface area contributed by atoms with E-state index in [0.29, 0.717) is 0 Å². The summed E-state index contributed by atoms with van der Waals surface area (Å²) in [6.45, 7) is 1.83. The van der Waals surface area contributed by atoms with Crippen molar-refractivity contribution in [2.45, 2.75) is 6.92 Å². The molecule has 0 aliphatic carbocycles. The molecule has 14 heavy (non-hydrogen) atoms. The van der Waals surface area contributed by atoms with Gasteiger partial charge in [0, 0.05) is 0 Å². The highest BCUT2D eigenvalue weighted by molar-refractivity contribution is 5.36. The van der Waals surface area contributed by atoms with Gasteiger partial charge in [-0.3, -0.25) is 0 Å². The highest BCUT2D eigenvalue weighted by atomic mass is 19.1. The van der Waals surface area contributed by atoms with Gasteiger partial charge in [-0.2, -0.15) is 5.26 Å². The second kappa shape index (κ2) is 4.89. The summed E-state index contributed by atoms with van der Waals surface area (Å²) in [5.41, 5.74) is 0.274. The van der Waals surface area contributed by atoms with E-state index in [-0.39, 0.29) is 17.9 Å². The van der Waals surface area contributed by atoms with Gasteiger partial charge in [0.2, 0.25) is 0 Å². The third-order valence-electron chi connectivity index (χ3n) is 1.54. The van der Waals surface area contributed by atoms with Crippen molar-refractivity contribution < 1.29 is 9.13 Å². The van der Waals surface area contributed by atoms with E-state index in [1.807, 2.05) is 6.07 Å². The molecule has 0 radical (unpaired) electrons. The molecule has 0 fully saturated rings. The van der Waals surface area contributed by atoms with Gasteiger partial charge in [-0.05, 0) is 25.1 Å². The van der Waals surface area contributed by atoms with Gasteiger partial charge in [-0.25, -0.2) is 4.39 Å². The van der Waals surface area contributed by atoms with Crippen LogP contribution in [0.1, 0.15) is 12.5 Å². The molecule has 0 aliphatic rings. The first-order valence-electron chi connectivity index (χ1n) is 4.00. The summed E-state index contributed by atoms with van der Waals surface area (Å²) in [5.74, 6) is 4.86. The first kappa shape index (κ1) is 10.1. The van der Waals surface area contributed by atoms with Gasteiger partial charge in [0.05, 0.1) is 11.6 Å². The third kappa shape index (κ3) is 2.50. The Balaban J connectivity index is 2.78. The maximum atomic E-state index is 13.1. The molecule has 2 nitrogen and oxygen atoms in total. The van der Waals surface area contributed by atoms with Gasteiger partial charge in [0.15, 0.2) is 11.6 Å². The van der Waals surface area contributed by atoms with Gasteiger partial charge in [-0.1, -0.05) is 5.92 Å². The SMILES string of the molecule is CC#CCOc1ccc(C#N)cc1F. The Morgan fingerprint density at radius 2 is 2.29 bits per heavy atom. The van der Waals surface area contributed by atoms with E-state index < -0.39 is 5.82 Å². The average Bonchev–Trinajstić information content (AvgIpc) is 2.20. The Morgan fingerprint density at radius 3 is 2.86 bits per heavy atom. The van der Waals surface area contributed by atoms with Crippen LogP contribution in [0, 0.1) is 29.0 Å². The minimum atomic E-state index is -0.540. The number of hydrogen-bond donors (Lipinski definition) is 0. The second-order valence-electron chi connectivity index (χ2n) is 2.47. The molecule has 0 N–H and O–H groups in total. The topological polar surface area (TPSA) is 33.0 Å². The fourth-order valence-electron chi connectivity index (χ4n) is 0.873. The number of ether oxygens (including phenoxy) is 1. The van der Waals surface area contributed by atoms with Crippen molar-refractivity contribution in [3.63, 3.8) is 0 Å². The Kier molecular flexibility index (Phi) is 3.52. The Labute approximate surface area is 81.9 Å². The molecule has 0 heterocycles. The molecule has 3 heteroatoms. The lowest BCUT2D eigenvalue weighted by Crippen LogP contribution is -1.96. The maximum absolute atomic E-state index is 13.1. The molecular formula is C11H8FNO. The number of halogens is 1. The molecule has 1 rings (SSSR count). The van der Waals surface area contributed by atoms with Crippen LogP contribution in [0.2, 0.25) is 0 Å². The van der Waals surface area contributed by atoms with Crippen LogP contribution < -0.4 is 4.74 Å². The monoisotopic (exact) mass is 189 g/mol. The number of hydrogen-bond acceptors (Lipinski definition) is 2. The first-order valence-corrected chi connectivity index (χ1v) is 4.00. The van der Waals surface area contributed by atoms with E-state index in [2.05, 4.69) is 11.8 Å². The normalized spacial score (nSPS) is 8.36. The Bertz CT molecular complexity index is 423. The van der Waals surface area contributed by atoms with Gasteiger partial charge in [0.1, 0.15) is 6.61 Å². The molecule has 0 atom stereocenters. The molecule has 0 spiro atoms. The van der Waals surface area contributed by atoms with Crippen molar-refractivity contribution >= 4 is 0 Å². The van der Waals surface area contributed by atoms with Gasteiger partial charge in [-0.15, -0.1) is 5.92 Å². The zero-order valence-corrected chi connectivity index (χ0v) is 7.67. The van der Waals surface area contributed by atoms with Gasteiger partial charge < -0.3 is 4.74 Å². The maximum Gasteiger partial charge on any atom is 0.166 e. The largest absolute Gasteiger partial charge is 0.478 e.